The molecule has 1 aromatic heterocycles. The van der Waals surface area contributed by atoms with Crippen molar-refractivity contribution in [3.63, 3.8) is 0 Å². The molecule has 0 atom stereocenters. The molecule has 1 N–H and O–H groups in total. The Morgan fingerprint density at radius 1 is 1.30 bits per heavy atom. The van der Waals surface area contributed by atoms with Crippen LogP contribution in [-0.2, 0) is 6.54 Å². The van der Waals surface area contributed by atoms with Gasteiger partial charge in [0.2, 0.25) is 0 Å². The van der Waals surface area contributed by atoms with Crippen LogP contribution in [0.4, 0.5) is 4.39 Å². The van der Waals surface area contributed by atoms with E-state index in [9.17, 15) is 14.3 Å². The number of carboxylic acids is 1. The number of ether oxygens (including phenoxy) is 1. The molecule has 1 aliphatic carbocycles. The first-order valence-corrected chi connectivity index (χ1v) is 11.6. The van der Waals surface area contributed by atoms with Crippen LogP contribution in [0.5, 0.6) is 5.75 Å². The van der Waals surface area contributed by atoms with E-state index in [0.717, 1.165) is 56.6 Å². The second-order valence-electron chi connectivity index (χ2n) is 8.81. The van der Waals surface area contributed by atoms with Gasteiger partial charge in [-0.1, -0.05) is 13.8 Å². The second kappa shape index (κ2) is 9.02. The monoisotopic (exact) mass is 432 g/mol. The van der Waals surface area contributed by atoms with Crippen LogP contribution >= 0.6 is 11.3 Å². The third kappa shape index (κ3) is 5.01. The highest BCUT2D eigenvalue weighted by Crippen LogP contribution is 2.45. The molecule has 1 aliphatic heterocycles. The highest BCUT2D eigenvalue weighted by Gasteiger charge is 2.30. The molecule has 1 saturated carbocycles. The molecule has 30 heavy (non-hydrogen) atoms. The van der Waals surface area contributed by atoms with Gasteiger partial charge in [0, 0.05) is 23.9 Å². The maximum absolute atomic E-state index is 14.2. The molecule has 2 heterocycles. The normalized spacial score (nSPS) is 18.1. The minimum atomic E-state index is -1.23. The number of halogens is 1. The smallest absolute Gasteiger partial charge is 0.338 e. The Bertz CT molecular complexity index is 902. The summed E-state index contributed by atoms with van der Waals surface area (Å²) < 4.78 is 20.2. The summed E-state index contributed by atoms with van der Waals surface area (Å²) in [7, 11) is 0. The minimum absolute atomic E-state index is 0.264. The number of thiazole rings is 1. The second-order valence-corrected chi connectivity index (χ2v) is 9.70. The number of aromatic carboxylic acids is 1. The van der Waals surface area contributed by atoms with E-state index < -0.39 is 11.8 Å². The van der Waals surface area contributed by atoms with E-state index in [2.05, 4.69) is 24.1 Å². The van der Waals surface area contributed by atoms with Crippen molar-refractivity contribution in [2.45, 2.75) is 57.9 Å². The molecule has 2 aliphatic rings. The molecule has 4 rings (SSSR count). The van der Waals surface area contributed by atoms with Crippen LogP contribution in [-0.4, -0.2) is 40.7 Å². The van der Waals surface area contributed by atoms with Gasteiger partial charge in [0.15, 0.2) is 0 Å². The molecule has 162 valence electrons. The first kappa shape index (κ1) is 21.2. The van der Waals surface area contributed by atoms with Crippen LogP contribution in [0, 0.1) is 11.7 Å². The number of aromatic nitrogens is 1. The van der Waals surface area contributed by atoms with Crippen molar-refractivity contribution in [1.29, 1.82) is 0 Å². The highest BCUT2D eigenvalue weighted by atomic mass is 32.1. The van der Waals surface area contributed by atoms with Gasteiger partial charge in [-0.3, -0.25) is 4.90 Å². The molecule has 2 aromatic rings. The predicted molar refractivity (Wildman–Crippen MR) is 115 cm³/mol. The standard InChI is InChI=1S/C23H29FN2O3S/c1-14(2)22-25-17(13-30-22)11-26-7-5-15(6-8-26)12-29-21-10-20(24)19(23(27)28)9-18(21)16-3-4-16/h9-10,13-16H,3-8,11-12H2,1-2H3,(H,27,28). The SMILES string of the molecule is CC(C)c1nc(CN2CCC(COc3cc(F)c(C(=O)O)cc3C3CC3)CC2)cs1. The van der Waals surface area contributed by atoms with Crippen molar-refractivity contribution < 1.29 is 19.0 Å². The summed E-state index contributed by atoms with van der Waals surface area (Å²) in [6, 6.07) is 2.73. The summed E-state index contributed by atoms with van der Waals surface area (Å²) in [5, 5.41) is 12.5. The summed E-state index contributed by atoms with van der Waals surface area (Å²) in [5.41, 5.74) is 1.73. The molecule has 7 heteroatoms. The van der Waals surface area contributed by atoms with Gasteiger partial charge >= 0.3 is 5.97 Å². The average Bonchev–Trinajstić information content (AvgIpc) is 3.45. The van der Waals surface area contributed by atoms with E-state index in [0.29, 0.717) is 30.1 Å². The fourth-order valence-electron chi connectivity index (χ4n) is 3.98. The van der Waals surface area contributed by atoms with Crippen molar-refractivity contribution >= 4 is 17.3 Å². The number of carbonyl (C=O) groups is 1. The first-order valence-electron chi connectivity index (χ1n) is 10.8. The summed E-state index contributed by atoms with van der Waals surface area (Å²) in [5.74, 6) is -0.228. The molecule has 0 amide bonds. The zero-order valence-corrected chi connectivity index (χ0v) is 18.4. The number of likely N-dealkylation sites (tertiary alicyclic amines) is 1. The van der Waals surface area contributed by atoms with Gasteiger partial charge in [-0.2, -0.15) is 0 Å². The molecule has 0 spiro atoms. The van der Waals surface area contributed by atoms with Gasteiger partial charge in [0.1, 0.15) is 11.6 Å². The molecule has 0 radical (unpaired) electrons. The van der Waals surface area contributed by atoms with E-state index in [1.54, 1.807) is 11.3 Å². The lowest BCUT2D eigenvalue weighted by molar-refractivity contribution is 0.0691. The zero-order chi connectivity index (χ0) is 21.3. The van der Waals surface area contributed by atoms with Crippen molar-refractivity contribution in [3.8, 4) is 5.75 Å². The minimum Gasteiger partial charge on any atom is -0.493 e. The number of hydrogen-bond donors (Lipinski definition) is 1. The van der Waals surface area contributed by atoms with Gasteiger partial charge in [0.05, 0.1) is 22.9 Å². The Kier molecular flexibility index (Phi) is 6.39. The van der Waals surface area contributed by atoms with Gasteiger partial charge in [-0.25, -0.2) is 14.2 Å². The number of hydrogen-bond acceptors (Lipinski definition) is 5. The summed E-state index contributed by atoms with van der Waals surface area (Å²) in [4.78, 5) is 18.4. The Morgan fingerprint density at radius 2 is 2.03 bits per heavy atom. The fourth-order valence-corrected chi connectivity index (χ4v) is 4.81. The van der Waals surface area contributed by atoms with E-state index in [-0.39, 0.29) is 5.56 Å². The van der Waals surface area contributed by atoms with E-state index in [1.165, 1.54) is 17.1 Å². The molecular weight excluding hydrogens is 403 g/mol. The third-order valence-electron chi connectivity index (χ3n) is 5.98. The van der Waals surface area contributed by atoms with Gasteiger partial charge < -0.3 is 9.84 Å². The van der Waals surface area contributed by atoms with Crippen LogP contribution in [0.3, 0.4) is 0 Å². The number of nitrogens with zero attached hydrogens (tertiary/aromatic N) is 2. The number of rotatable bonds is 8. The van der Waals surface area contributed by atoms with Crippen LogP contribution in [0.2, 0.25) is 0 Å². The summed E-state index contributed by atoms with van der Waals surface area (Å²) >= 11 is 1.74. The Labute approximate surface area is 180 Å². The lowest BCUT2D eigenvalue weighted by atomic mass is 9.97. The van der Waals surface area contributed by atoms with Crippen LogP contribution < -0.4 is 4.74 Å². The zero-order valence-electron chi connectivity index (χ0n) is 17.6. The Balaban J connectivity index is 1.30. The van der Waals surface area contributed by atoms with Crippen molar-refractivity contribution in [2.24, 2.45) is 5.92 Å². The van der Waals surface area contributed by atoms with Gasteiger partial charge in [0.25, 0.3) is 0 Å². The molecule has 5 nitrogen and oxygen atoms in total. The summed E-state index contributed by atoms with van der Waals surface area (Å²) in [6.45, 7) is 7.79. The number of benzene rings is 1. The molecular formula is C23H29FN2O3S. The van der Waals surface area contributed by atoms with Gasteiger partial charge in [-0.05, 0) is 62.2 Å². The average molecular weight is 433 g/mol. The van der Waals surface area contributed by atoms with E-state index in [1.807, 2.05) is 0 Å². The maximum Gasteiger partial charge on any atom is 0.338 e. The van der Waals surface area contributed by atoms with Crippen LogP contribution in [0.15, 0.2) is 17.5 Å². The molecule has 0 unspecified atom stereocenters. The fraction of sp³-hybridized carbons (Fsp3) is 0.565. The van der Waals surface area contributed by atoms with Crippen LogP contribution in [0.25, 0.3) is 0 Å². The number of piperidine rings is 1. The van der Waals surface area contributed by atoms with Crippen molar-refractivity contribution in [3.05, 3.63) is 45.2 Å². The molecule has 1 saturated heterocycles. The van der Waals surface area contributed by atoms with Crippen LogP contribution in [0.1, 0.15) is 78.0 Å². The molecule has 1 aromatic carbocycles. The largest absolute Gasteiger partial charge is 0.493 e. The lowest BCUT2D eigenvalue weighted by Crippen LogP contribution is -2.35. The van der Waals surface area contributed by atoms with Crippen molar-refractivity contribution in [2.75, 3.05) is 19.7 Å². The maximum atomic E-state index is 14.2. The third-order valence-corrected chi connectivity index (χ3v) is 7.17. The highest BCUT2D eigenvalue weighted by molar-refractivity contribution is 7.09. The van der Waals surface area contributed by atoms with Gasteiger partial charge in [-0.15, -0.1) is 11.3 Å². The molecule has 2 fully saturated rings. The quantitative estimate of drug-likeness (QED) is 0.615. The summed E-state index contributed by atoms with van der Waals surface area (Å²) in [6.07, 6.45) is 4.09. The Morgan fingerprint density at radius 3 is 2.63 bits per heavy atom. The topological polar surface area (TPSA) is 62.7 Å². The Hall–Kier alpha value is -1.99. The van der Waals surface area contributed by atoms with E-state index in [4.69, 9.17) is 9.72 Å². The molecule has 0 bridgehead atoms. The first-order chi connectivity index (χ1) is 14.4. The van der Waals surface area contributed by atoms with E-state index >= 15 is 0 Å². The number of carboxylic acid groups (broad SMARTS) is 1. The lowest BCUT2D eigenvalue weighted by Gasteiger charge is -2.31. The van der Waals surface area contributed by atoms with Crippen molar-refractivity contribution in [1.82, 2.24) is 9.88 Å². The predicted octanol–water partition coefficient (Wildman–Crippen LogP) is 5.27.